The van der Waals surface area contributed by atoms with E-state index in [-0.39, 0.29) is 24.3 Å². The number of non-ortho nitro benzene ring substituents is 1. The molecule has 1 unspecified atom stereocenters. The second-order valence-electron chi connectivity index (χ2n) is 7.65. The average Bonchev–Trinajstić information content (AvgIpc) is 3.42. The Bertz CT molecular complexity index is 1100. The minimum atomic E-state index is -0.463. The molecular formula is C23H23N3O6S. The number of rotatable bonds is 8. The van der Waals surface area contributed by atoms with Crippen LogP contribution in [-0.4, -0.2) is 47.2 Å². The Kier molecular flexibility index (Phi) is 6.85. The van der Waals surface area contributed by atoms with Crippen LogP contribution in [0.3, 0.4) is 0 Å². The van der Waals surface area contributed by atoms with Crippen LogP contribution in [0.1, 0.15) is 24.0 Å². The van der Waals surface area contributed by atoms with Gasteiger partial charge in [-0.2, -0.15) is 0 Å². The molecule has 0 spiro atoms. The third-order valence-corrected chi connectivity index (χ3v) is 5.75. The van der Waals surface area contributed by atoms with Crippen LogP contribution in [0.5, 0.6) is 11.5 Å². The van der Waals surface area contributed by atoms with E-state index in [1.807, 2.05) is 12.1 Å². The quantitative estimate of drug-likeness (QED) is 0.272. The summed E-state index contributed by atoms with van der Waals surface area (Å²) in [5.41, 5.74) is 1.92. The predicted octanol–water partition coefficient (Wildman–Crippen LogP) is 3.42. The lowest BCUT2D eigenvalue weighted by Crippen LogP contribution is -2.37. The number of carbonyl (C=O) groups excluding carboxylic acids is 1. The molecule has 2 aliphatic rings. The van der Waals surface area contributed by atoms with Crippen LogP contribution in [0.4, 0.5) is 5.69 Å². The Morgan fingerprint density at radius 3 is 2.76 bits per heavy atom. The van der Waals surface area contributed by atoms with Gasteiger partial charge in [-0.3, -0.25) is 19.8 Å². The number of hydrogen-bond acceptors (Lipinski definition) is 7. The SMILES string of the molecule is COc1ccc(/C=C2/NC(=S)N(CC3CCCO3)C2=O)cc1COc1ccc([N+](=O)[O-])cc1. The van der Waals surface area contributed by atoms with Crippen molar-refractivity contribution in [3.63, 3.8) is 0 Å². The summed E-state index contributed by atoms with van der Waals surface area (Å²) in [6.45, 7) is 1.34. The first-order valence-corrected chi connectivity index (χ1v) is 10.9. The monoisotopic (exact) mass is 469 g/mol. The van der Waals surface area contributed by atoms with Crippen LogP contribution in [0, 0.1) is 10.1 Å². The molecule has 10 heteroatoms. The largest absolute Gasteiger partial charge is 0.496 e. The second kappa shape index (κ2) is 9.97. The molecule has 0 aliphatic carbocycles. The summed E-state index contributed by atoms with van der Waals surface area (Å²) in [6.07, 6.45) is 3.66. The van der Waals surface area contributed by atoms with Gasteiger partial charge in [-0.15, -0.1) is 0 Å². The van der Waals surface area contributed by atoms with E-state index in [1.165, 1.54) is 12.1 Å². The van der Waals surface area contributed by atoms with E-state index < -0.39 is 4.92 Å². The summed E-state index contributed by atoms with van der Waals surface area (Å²) < 4.78 is 16.8. The maximum absolute atomic E-state index is 12.9. The number of amides is 1. The van der Waals surface area contributed by atoms with Gasteiger partial charge in [0, 0.05) is 24.3 Å². The fourth-order valence-electron chi connectivity index (χ4n) is 3.72. The number of hydrogen-bond donors (Lipinski definition) is 1. The fourth-order valence-corrected chi connectivity index (χ4v) is 3.99. The minimum absolute atomic E-state index is 0.00580. The zero-order valence-corrected chi connectivity index (χ0v) is 18.8. The predicted molar refractivity (Wildman–Crippen MR) is 125 cm³/mol. The number of carbonyl (C=O) groups is 1. The van der Waals surface area contributed by atoms with Gasteiger partial charge in [0.05, 0.1) is 24.7 Å². The number of nitrogens with one attached hydrogen (secondary N) is 1. The Balaban J connectivity index is 1.47. The molecule has 1 N–H and O–H groups in total. The number of nitro groups is 1. The Morgan fingerprint density at radius 1 is 1.30 bits per heavy atom. The van der Waals surface area contributed by atoms with Crippen molar-refractivity contribution in [1.29, 1.82) is 0 Å². The van der Waals surface area contributed by atoms with Crippen molar-refractivity contribution in [2.75, 3.05) is 20.3 Å². The molecule has 2 aliphatic heterocycles. The molecule has 4 rings (SSSR count). The van der Waals surface area contributed by atoms with Crippen molar-refractivity contribution in [2.45, 2.75) is 25.6 Å². The van der Waals surface area contributed by atoms with Crippen molar-refractivity contribution in [3.8, 4) is 11.5 Å². The molecule has 2 aromatic carbocycles. The molecule has 1 atom stereocenters. The van der Waals surface area contributed by atoms with Crippen LogP contribution in [-0.2, 0) is 16.1 Å². The molecule has 2 saturated heterocycles. The highest BCUT2D eigenvalue weighted by Crippen LogP contribution is 2.25. The summed E-state index contributed by atoms with van der Waals surface area (Å²) in [6, 6.07) is 11.3. The van der Waals surface area contributed by atoms with Gasteiger partial charge in [-0.05, 0) is 61.0 Å². The summed E-state index contributed by atoms with van der Waals surface area (Å²) >= 11 is 5.35. The third kappa shape index (κ3) is 5.29. The molecule has 0 saturated carbocycles. The molecule has 9 nitrogen and oxygen atoms in total. The first kappa shape index (κ1) is 22.7. The lowest BCUT2D eigenvalue weighted by molar-refractivity contribution is -0.384. The number of benzene rings is 2. The molecule has 1 amide bonds. The first-order chi connectivity index (χ1) is 15.9. The summed E-state index contributed by atoms with van der Waals surface area (Å²) in [5.74, 6) is 0.935. The minimum Gasteiger partial charge on any atom is -0.496 e. The molecule has 0 radical (unpaired) electrons. The highest BCUT2D eigenvalue weighted by atomic mass is 32.1. The standard InChI is InChI=1S/C23H23N3O6S/c1-30-21-9-4-15(11-16(21)14-32-18-7-5-17(6-8-18)26(28)29)12-20-22(27)25(23(33)24-20)13-19-3-2-10-31-19/h4-9,11-12,19H,2-3,10,13-14H2,1H3,(H,24,33)/b20-12+. The Hall–Kier alpha value is -3.50. The molecule has 33 heavy (non-hydrogen) atoms. The van der Waals surface area contributed by atoms with Crippen molar-refractivity contribution in [1.82, 2.24) is 10.2 Å². The maximum Gasteiger partial charge on any atom is 0.276 e. The van der Waals surface area contributed by atoms with Gasteiger partial charge in [-0.25, -0.2) is 0 Å². The average molecular weight is 470 g/mol. The third-order valence-electron chi connectivity index (χ3n) is 5.43. The maximum atomic E-state index is 12.9. The lowest BCUT2D eigenvalue weighted by atomic mass is 10.1. The molecule has 0 bridgehead atoms. The topological polar surface area (TPSA) is 103 Å². The zero-order valence-electron chi connectivity index (χ0n) is 18.0. The molecule has 0 aromatic heterocycles. The normalized spacial score (nSPS) is 19.1. The van der Waals surface area contributed by atoms with Crippen molar-refractivity contribution in [3.05, 3.63) is 69.4 Å². The van der Waals surface area contributed by atoms with E-state index in [0.717, 1.165) is 24.0 Å². The molecule has 2 heterocycles. The Labute approximate surface area is 196 Å². The van der Waals surface area contributed by atoms with Gasteiger partial charge in [0.25, 0.3) is 11.6 Å². The summed E-state index contributed by atoms with van der Waals surface area (Å²) in [7, 11) is 1.56. The molecule has 2 aromatic rings. The van der Waals surface area contributed by atoms with Crippen molar-refractivity contribution < 1.29 is 23.9 Å². The zero-order chi connectivity index (χ0) is 23.4. The van der Waals surface area contributed by atoms with Gasteiger partial charge in [0.2, 0.25) is 0 Å². The summed E-state index contributed by atoms with van der Waals surface area (Å²) in [5, 5.41) is 14.2. The van der Waals surface area contributed by atoms with E-state index in [0.29, 0.717) is 35.5 Å². The van der Waals surface area contributed by atoms with Crippen LogP contribution in [0.15, 0.2) is 48.2 Å². The highest BCUT2D eigenvalue weighted by molar-refractivity contribution is 7.80. The van der Waals surface area contributed by atoms with Gasteiger partial charge in [-0.1, -0.05) is 6.07 Å². The van der Waals surface area contributed by atoms with Gasteiger partial charge in [0.15, 0.2) is 5.11 Å². The first-order valence-electron chi connectivity index (χ1n) is 10.4. The molecular weight excluding hydrogens is 446 g/mol. The smallest absolute Gasteiger partial charge is 0.276 e. The van der Waals surface area contributed by atoms with Crippen molar-refractivity contribution >= 4 is 35.0 Å². The van der Waals surface area contributed by atoms with Crippen LogP contribution in [0.2, 0.25) is 0 Å². The van der Waals surface area contributed by atoms with Crippen LogP contribution < -0.4 is 14.8 Å². The van der Waals surface area contributed by atoms with E-state index in [1.54, 1.807) is 36.3 Å². The second-order valence-corrected chi connectivity index (χ2v) is 8.04. The number of nitrogens with zero attached hydrogens (tertiary/aromatic N) is 2. The van der Waals surface area contributed by atoms with Gasteiger partial charge >= 0.3 is 0 Å². The number of ether oxygens (including phenoxy) is 3. The lowest BCUT2D eigenvalue weighted by Gasteiger charge is -2.18. The Morgan fingerprint density at radius 2 is 2.09 bits per heavy atom. The number of nitro benzene ring substituents is 1. The molecule has 172 valence electrons. The number of thiocarbonyl (C=S) groups is 1. The van der Waals surface area contributed by atoms with Gasteiger partial charge < -0.3 is 19.5 Å². The number of methoxy groups -OCH3 is 1. The van der Waals surface area contributed by atoms with E-state index in [9.17, 15) is 14.9 Å². The van der Waals surface area contributed by atoms with E-state index in [4.69, 9.17) is 26.4 Å². The van der Waals surface area contributed by atoms with E-state index >= 15 is 0 Å². The fraction of sp³-hybridized carbons (Fsp3) is 0.304. The molecule has 2 fully saturated rings. The van der Waals surface area contributed by atoms with Crippen molar-refractivity contribution in [2.24, 2.45) is 0 Å². The summed E-state index contributed by atoms with van der Waals surface area (Å²) in [4.78, 5) is 24.7. The highest BCUT2D eigenvalue weighted by Gasteiger charge is 2.33. The van der Waals surface area contributed by atoms with E-state index in [2.05, 4.69) is 5.32 Å². The van der Waals surface area contributed by atoms with Crippen LogP contribution >= 0.6 is 12.2 Å². The van der Waals surface area contributed by atoms with Gasteiger partial charge in [0.1, 0.15) is 23.8 Å². The van der Waals surface area contributed by atoms with Crippen LogP contribution in [0.25, 0.3) is 6.08 Å².